The first-order chi connectivity index (χ1) is 12.4. The summed E-state index contributed by atoms with van der Waals surface area (Å²) in [4.78, 5) is 16.6. The van der Waals surface area contributed by atoms with Crippen LogP contribution < -0.4 is 5.32 Å². The molecule has 1 amide bonds. The molecule has 1 fully saturated rings. The number of benzene rings is 1. The van der Waals surface area contributed by atoms with Crippen molar-refractivity contribution in [1.29, 1.82) is 0 Å². The van der Waals surface area contributed by atoms with Crippen LogP contribution in [0.1, 0.15) is 18.4 Å². The highest BCUT2D eigenvalue weighted by Crippen LogP contribution is 2.27. The molecule has 26 heavy (non-hydrogen) atoms. The van der Waals surface area contributed by atoms with Gasteiger partial charge in [-0.25, -0.2) is 8.42 Å². The molecule has 138 valence electrons. The van der Waals surface area contributed by atoms with Crippen molar-refractivity contribution >= 4 is 33.2 Å². The van der Waals surface area contributed by atoms with Crippen LogP contribution in [0.25, 0.3) is 0 Å². The molecule has 1 aliphatic heterocycles. The van der Waals surface area contributed by atoms with Gasteiger partial charge in [0.1, 0.15) is 0 Å². The summed E-state index contributed by atoms with van der Waals surface area (Å²) in [6, 6.07) is 8.18. The summed E-state index contributed by atoms with van der Waals surface area (Å²) in [5, 5.41) is 3.21. The summed E-state index contributed by atoms with van der Waals surface area (Å²) in [5.41, 5.74) is 1.42. The highest BCUT2D eigenvalue weighted by molar-refractivity contribution is 7.89. The van der Waals surface area contributed by atoms with Crippen molar-refractivity contribution in [2.24, 2.45) is 5.92 Å². The first-order valence-corrected chi connectivity index (χ1v) is 10.2. The Balaban J connectivity index is 1.75. The minimum absolute atomic E-state index is 0.153. The molecule has 0 saturated carbocycles. The first-order valence-electron chi connectivity index (χ1n) is 8.35. The van der Waals surface area contributed by atoms with E-state index in [1.165, 1.54) is 10.4 Å². The molecule has 1 saturated heterocycles. The lowest BCUT2D eigenvalue weighted by Crippen LogP contribution is -2.43. The highest BCUT2D eigenvalue weighted by atomic mass is 35.5. The Hall–Kier alpha value is -1.96. The number of halogens is 1. The Morgan fingerprint density at radius 2 is 2.15 bits per heavy atom. The lowest BCUT2D eigenvalue weighted by molar-refractivity contribution is -0.120. The van der Waals surface area contributed by atoms with Crippen molar-refractivity contribution in [3.05, 3.63) is 53.3 Å². The smallest absolute Gasteiger partial charge is 0.243 e. The minimum atomic E-state index is -3.68. The summed E-state index contributed by atoms with van der Waals surface area (Å²) in [6.45, 7) is 2.36. The maximum absolute atomic E-state index is 12.9. The Morgan fingerprint density at radius 3 is 2.85 bits per heavy atom. The number of piperidine rings is 1. The average molecular weight is 394 g/mol. The van der Waals surface area contributed by atoms with Crippen LogP contribution in [-0.2, 0) is 14.8 Å². The van der Waals surface area contributed by atoms with E-state index in [-0.39, 0.29) is 17.3 Å². The Kier molecular flexibility index (Phi) is 5.60. The number of anilines is 1. The van der Waals surface area contributed by atoms with Gasteiger partial charge in [0, 0.05) is 24.3 Å². The third-order valence-corrected chi connectivity index (χ3v) is 6.73. The number of pyridine rings is 1. The minimum Gasteiger partial charge on any atom is -0.324 e. The molecular formula is C18H20ClN3O3S. The van der Waals surface area contributed by atoms with E-state index in [0.29, 0.717) is 30.1 Å². The van der Waals surface area contributed by atoms with Crippen molar-refractivity contribution in [2.75, 3.05) is 18.4 Å². The van der Waals surface area contributed by atoms with Crippen LogP contribution in [0.3, 0.4) is 0 Å². The molecule has 0 bridgehead atoms. The molecule has 3 rings (SSSR count). The maximum atomic E-state index is 12.9. The van der Waals surface area contributed by atoms with Gasteiger partial charge in [0.25, 0.3) is 0 Å². The normalized spacial score (nSPS) is 18.5. The molecule has 6 nitrogen and oxygen atoms in total. The molecule has 1 N–H and O–H groups in total. The number of rotatable bonds is 4. The zero-order chi connectivity index (χ0) is 18.7. The van der Waals surface area contributed by atoms with E-state index < -0.39 is 15.9 Å². The molecule has 1 unspecified atom stereocenters. The zero-order valence-electron chi connectivity index (χ0n) is 14.4. The second-order valence-corrected chi connectivity index (χ2v) is 8.69. The predicted octanol–water partition coefficient (Wildman–Crippen LogP) is 3.08. The molecule has 0 radical (unpaired) electrons. The van der Waals surface area contributed by atoms with Gasteiger partial charge in [0.2, 0.25) is 15.9 Å². The van der Waals surface area contributed by atoms with Crippen LogP contribution in [0.15, 0.2) is 47.6 Å². The molecule has 1 aliphatic rings. The largest absolute Gasteiger partial charge is 0.324 e. The van der Waals surface area contributed by atoms with E-state index in [9.17, 15) is 13.2 Å². The maximum Gasteiger partial charge on any atom is 0.243 e. The van der Waals surface area contributed by atoms with E-state index in [2.05, 4.69) is 10.3 Å². The highest BCUT2D eigenvalue weighted by Gasteiger charge is 2.33. The Bertz CT molecular complexity index is 903. The van der Waals surface area contributed by atoms with E-state index >= 15 is 0 Å². The van der Waals surface area contributed by atoms with E-state index in [0.717, 1.165) is 5.56 Å². The number of nitrogens with one attached hydrogen (secondary N) is 1. The van der Waals surface area contributed by atoms with Crippen molar-refractivity contribution < 1.29 is 13.2 Å². The Labute approximate surface area is 158 Å². The first kappa shape index (κ1) is 18.8. The number of carbonyl (C=O) groups is 1. The fourth-order valence-electron chi connectivity index (χ4n) is 2.94. The van der Waals surface area contributed by atoms with E-state index in [1.807, 2.05) is 6.92 Å². The van der Waals surface area contributed by atoms with Gasteiger partial charge in [-0.1, -0.05) is 17.7 Å². The number of hydrogen-bond acceptors (Lipinski definition) is 4. The molecule has 1 atom stereocenters. The summed E-state index contributed by atoms with van der Waals surface area (Å²) >= 11 is 6.08. The van der Waals surface area contributed by atoms with Gasteiger partial charge in [-0.05, 0) is 49.6 Å². The second kappa shape index (κ2) is 7.73. The summed E-state index contributed by atoms with van der Waals surface area (Å²) in [6.07, 6.45) is 4.46. The SMILES string of the molecule is Cc1ccc(S(=O)(=O)N2CCCC(C(=O)Nc3cccnc3)C2)cc1Cl. The van der Waals surface area contributed by atoms with Crippen LogP contribution >= 0.6 is 11.6 Å². The standard InChI is InChI=1S/C18H20ClN3O3S/c1-13-6-7-16(10-17(13)19)26(24,25)22-9-3-4-14(12-22)18(23)21-15-5-2-8-20-11-15/h2,5-8,10-11,14H,3-4,9,12H2,1H3,(H,21,23). The predicted molar refractivity (Wildman–Crippen MR) is 101 cm³/mol. The van der Waals surface area contributed by atoms with Crippen LogP contribution in [0.5, 0.6) is 0 Å². The number of nitrogens with zero attached hydrogens (tertiary/aromatic N) is 2. The van der Waals surface area contributed by atoms with E-state index in [1.54, 1.807) is 36.7 Å². The third-order valence-electron chi connectivity index (χ3n) is 4.47. The topological polar surface area (TPSA) is 79.4 Å². The van der Waals surface area contributed by atoms with Crippen LogP contribution in [-0.4, -0.2) is 36.7 Å². The second-order valence-electron chi connectivity index (χ2n) is 6.34. The van der Waals surface area contributed by atoms with Gasteiger partial charge < -0.3 is 5.32 Å². The van der Waals surface area contributed by atoms with Gasteiger partial charge in [-0.2, -0.15) is 4.31 Å². The number of amides is 1. The van der Waals surface area contributed by atoms with E-state index in [4.69, 9.17) is 11.6 Å². The Morgan fingerprint density at radius 1 is 1.35 bits per heavy atom. The summed E-state index contributed by atoms with van der Waals surface area (Å²) < 4.78 is 27.2. The van der Waals surface area contributed by atoms with Gasteiger partial charge in [0.15, 0.2) is 0 Å². The van der Waals surface area contributed by atoms with Gasteiger partial charge in [-0.15, -0.1) is 0 Å². The van der Waals surface area contributed by atoms with Crippen LogP contribution in [0, 0.1) is 12.8 Å². The number of aryl methyl sites for hydroxylation is 1. The van der Waals surface area contributed by atoms with Gasteiger partial charge in [0.05, 0.1) is 22.7 Å². The average Bonchev–Trinajstić information content (AvgIpc) is 2.65. The van der Waals surface area contributed by atoms with Gasteiger partial charge >= 0.3 is 0 Å². The van der Waals surface area contributed by atoms with Crippen LogP contribution in [0.2, 0.25) is 5.02 Å². The number of sulfonamides is 1. The number of aromatic nitrogens is 1. The summed E-state index contributed by atoms with van der Waals surface area (Å²) in [7, 11) is -3.68. The fourth-order valence-corrected chi connectivity index (χ4v) is 4.73. The molecule has 0 spiro atoms. The molecule has 1 aromatic heterocycles. The molecule has 2 heterocycles. The van der Waals surface area contributed by atoms with Crippen molar-refractivity contribution in [3.8, 4) is 0 Å². The monoisotopic (exact) mass is 393 g/mol. The molecule has 2 aromatic rings. The molecule has 0 aliphatic carbocycles. The van der Waals surface area contributed by atoms with Gasteiger partial charge in [-0.3, -0.25) is 9.78 Å². The van der Waals surface area contributed by atoms with Crippen LogP contribution in [0.4, 0.5) is 5.69 Å². The van der Waals surface area contributed by atoms with Crippen molar-refractivity contribution in [3.63, 3.8) is 0 Å². The van der Waals surface area contributed by atoms with Crippen molar-refractivity contribution in [2.45, 2.75) is 24.7 Å². The lowest BCUT2D eigenvalue weighted by Gasteiger charge is -2.31. The molecule has 8 heteroatoms. The fraction of sp³-hybridized carbons (Fsp3) is 0.333. The number of hydrogen-bond donors (Lipinski definition) is 1. The quantitative estimate of drug-likeness (QED) is 0.865. The van der Waals surface area contributed by atoms with Crippen molar-refractivity contribution in [1.82, 2.24) is 9.29 Å². The summed E-state index contributed by atoms with van der Waals surface area (Å²) in [5.74, 6) is -0.598. The lowest BCUT2D eigenvalue weighted by atomic mass is 9.99. The molecular weight excluding hydrogens is 374 g/mol. The third kappa shape index (κ3) is 4.06. The molecule has 1 aromatic carbocycles. The number of carbonyl (C=O) groups excluding carboxylic acids is 1. The zero-order valence-corrected chi connectivity index (χ0v) is 15.9.